The number of hydrogen-bond donors (Lipinski definition) is 2. The lowest BCUT2D eigenvalue weighted by atomic mass is 9.91. The van der Waals surface area contributed by atoms with E-state index < -0.39 is 11.7 Å². The monoisotopic (exact) mass is 395 g/mol. The van der Waals surface area contributed by atoms with Gasteiger partial charge in [0.25, 0.3) is 0 Å². The Hall–Kier alpha value is -2.34. The number of nitriles is 1. The highest BCUT2D eigenvalue weighted by molar-refractivity contribution is 5.79. The second-order valence-corrected chi connectivity index (χ2v) is 7.38. The van der Waals surface area contributed by atoms with Crippen molar-refractivity contribution in [3.63, 3.8) is 0 Å². The van der Waals surface area contributed by atoms with Gasteiger partial charge in [-0.3, -0.25) is 4.79 Å². The smallest absolute Gasteiger partial charge is 0.367 e. The highest BCUT2D eigenvalue weighted by Gasteiger charge is 2.31. The number of alkyl halides is 3. The van der Waals surface area contributed by atoms with Crippen LogP contribution in [0.1, 0.15) is 44.1 Å². The normalized spacial score (nSPS) is 25.4. The molecule has 2 fully saturated rings. The van der Waals surface area contributed by atoms with Crippen molar-refractivity contribution < 1.29 is 18.0 Å². The van der Waals surface area contributed by atoms with Crippen LogP contribution in [0.4, 0.5) is 19.0 Å². The number of amides is 1. The second kappa shape index (κ2) is 8.78. The zero-order chi connectivity index (χ0) is 20.1. The van der Waals surface area contributed by atoms with Crippen LogP contribution in [0.5, 0.6) is 0 Å². The third-order valence-corrected chi connectivity index (χ3v) is 5.43. The molecule has 9 heteroatoms. The molecule has 0 radical (unpaired) electrons. The van der Waals surface area contributed by atoms with Gasteiger partial charge in [0.15, 0.2) is 0 Å². The number of aromatic nitrogens is 1. The minimum absolute atomic E-state index is 0.0294. The Morgan fingerprint density at radius 2 is 1.93 bits per heavy atom. The van der Waals surface area contributed by atoms with E-state index in [1.807, 2.05) is 0 Å². The van der Waals surface area contributed by atoms with Crippen molar-refractivity contribution in [3.8, 4) is 6.07 Å². The van der Waals surface area contributed by atoms with E-state index in [-0.39, 0.29) is 30.6 Å². The van der Waals surface area contributed by atoms with Crippen molar-refractivity contribution in [2.24, 2.45) is 0 Å². The number of carbonyl (C=O) groups excluding carboxylic acids is 1. The number of pyridine rings is 1. The number of rotatable bonds is 5. The summed E-state index contributed by atoms with van der Waals surface area (Å²) in [5.74, 6) is 0.411. The first-order valence-electron chi connectivity index (χ1n) is 9.59. The molecular formula is C19H24F3N5O. The molecular weight excluding hydrogens is 371 g/mol. The molecule has 1 saturated carbocycles. The van der Waals surface area contributed by atoms with E-state index in [9.17, 15) is 18.0 Å². The van der Waals surface area contributed by atoms with E-state index in [2.05, 4.69) is 21.7 Å². The zero-order valence-electron chi connectivity index (χ0n) is 15.5. The summed E-state index contributed by atoms with van der Waals surface area (Å²) in [6.45, 7) is 0.886. The van der Waals surface area contributed by atoms with Crippen molar-refractivity contribution in [1.29, 1.82) is 5.26 Å². The first-order chi connectivity index (χ1) is 13.4. The number of halogens is 3. The molecule has 3 rings (SSSR count). The molecule has 1 atom stereocenters. The fraction of sp³-hybridized carbons (Fsp3) is 0.632. The van der Waals surface area contributed by atoms with Crippen molar-refractivity contribution in [3.05, 3.63) is 23.9 Å². The fourth-order valence-corrected chi connectivity index (χ4v) is 3.83. The Morgan fingerprint density at radius 3 is 2.54 bits per heavy atom. The number of hydrogen-bond acceptors (Lipinski definition) is 5. The summed E-state index contributed by atoms with van der Waals surface area (Å²) in [5.41, 5.74) is -0.757. The van der Waals surface area contributed by atoms with E-state index in [4.69, 9.17) is 5.26 Å². The van der Waals surface area contributed by atoms with Crippen LogP contribution in [-0.2, 0) is 11.0 Å². The van der Waals surface area contributed by atoms with E-state index >= 15 is 0 Å². The maximum absolute atomic E-state index is 12.6. The van der Waals surface area contributed by atoms with Gasteiger partial charge in [0, 0.05) is 24.8 Å². The molecule has 0 spiro atoms. The average Bonchev–Trinajstić information content (AvgIpc) is 3.16. The van der Waals surface area contributed by atoms with E-state index in [1.165, 1.54) is 6.07 Å². The van der Waals surface area contributed by atoms with Gasteiger partial charge in [0.1, 0.15) is 11.9 Å². The first kappa shape index (κ1) is 20.4. The van der Waals surface area contributed by atoms with Gasteiger partial charge in [-0.2, -0.15) is 18.4 Å². The van der Waals surface area contributed by atoms with Crippen LogP contribution in [0.3, 0.4) is 0 Å². The van der Waals surface area contributed by atoms with E-state index in [0.717, 1.165) is 50.8 Å². The third kappa shape index (κ3) is 5.13. The van der Waals surface area contributed by atoms with Crippen LogP contribution in [0.2, 0.25) is 0 Å². The lowest BCUT2D eigenvalue weighted by Gasteiger charge is -2.30. The van der Waals surface area contributed by atoms with Crippen molar-refractivity contribution in [1.82, 2.24) is 15.2 Å². The molecule has 2 aliphatic rings. The molecule has 152 valence electrons. The van der Waals surface area contributed by atoms with Gasteiger partial charge >= 0.3 is 6.18 Å². The molecule has 2 N–H and O–H groups in total. The highest BCUT2D eigenvalue weighted by atomic mass is 19.4. The van der Waals surface area contributed by atoms with Crippen LogP contribution < -0.4 is 10.6 Å². The van der Waals surface area contributed by atoms with Crippen molar-refractivity contribution >= 4 is 11.7 Å². The summed E-state index contributed by atoms with van der Waals surface area (Å²) in [7, 11) is 0. The number of anilines is 1. The summed E-state index contributed by atoms with van der Waals surface area (Å²) in [6.07, 6.45) is 1.51. The van der Waals surface area contributed by atoms with Gasteiger partial charge in [-0.05, 0) is 50.7 Å². The maximum Gasteiger partial charge on any atom is 0.417 e. The fourth-order valence-electron chi connectivity index (χ4n) is 3.83. The molecule has 6 nitrogen and oxygen atoms in total. The molecule has 0 unspecified atom stereocenters. The highest BCUT2D eigenvalue weighted by Crippen LogP contribution is 2.29. The second-order valence-electron chi connectivity index (χ2n) is 7.38. The molecule has 1 aromatic heterocycles. The Labute approximate surface area is 162 Å². The topological polar surface area (TPSA) is 81.0 Å². The van der Waals surface area contributed by atoms with E-state index in [1.54, 1.807) is 4.90 Å². The van der Waals surface area contributed by atoms with Crippen LogP contribution in [-0.4, -0.2) is 47.0 Å². The summed E-state index contributed by atoms with van der Waals surface area (Å²) in [4.78, 5) is 17.8. The molecule has 1 amide bonds. The predicted molar refractivity (Wildman–Crippen MR) is 97.3 cm³/mol. The van der Waals surface area contributed by atoms with Gasteiger partial charge in [0.05, 0.1) is 18.2 Å². The van der Waals surface area contributed by atoms with Crippen molar-refractivity contribution in [2.45, 2.75) is 62.8 Å². The van der Waals surface area contributed by atoms with Gasteiger partial charge in [-0.15, -0.1) is 0 Å². The summed E-state index contributed by atoms with van der Waals surface area (Å²) < 4.78 is 37.7. The van der Waals surface area contributed by atoms with Crippen LogP contribution >= 0.6 is 0 Å². The molecule has 1 aliphatic heterocycles. The zero-order valence-corrected chi connectivity index (χ0v) is 15.5. The Balaban J connectivity index is 1.40. The predicted octanol–water partition coefficient (Wildman–Crippen LogP) is 2.93. The minimum atomic E-state index is -4.38. The van der Waals surface area contributed by atoms with Gasteiger partial charge < -0.3 is 15.5 Å². The molecule has 1 aliphatic carbocycles. The van der Waals surface area contributed by atoms with E-state index in [0.29, 0.717) is 12.4 Å². The minimum Gasteiger partial charge on any atom is -0.367 e. The SMILES string of the molecule is N#C[C@@H]1CCCN1C(=O)CNC1CCC(Nc2ccc(C(F)(F)F)cn2)CC1. The Morgan fingerprint density at radius 1 is 1.21 bits per heavy atom. The Kier molecular flexibility index (Phi) is 6.39. The van der Waals surface area contributed by atoms with Gasteiger partial charge in [-0.1, -0.05) is 0 Å². The lowest BCUT2D eigenvalue weighted by molar-refractivity contribution is -0.137. The van der Waals surface area contributed by atoms with Crippen LogP contribution in [0.15, 0.2) is 18.3 Å². The third-order valence-electron chi connectivity index (χ3n) is 5.43. The maximum atomic E-state index is 12.6. The standard InChI is InChI=1S/C19H24F3N5O/c20-19(21,22)13-3-8-17(25-11-13)26-15-6-4-14(5-7-15)24-12-18(28)27-9-1-2-16(27)10-23/h3,8,11,14-16,24H,1-2,4-7,9,12H2,(H,25,26)/t14?,15?,16-/m0/s1. The molecule has 0 aromatic carbocycles. The quantitative estimate of drug-likeness (QED) is 0.801. The van der Waals surface area contributed by atoms with Gasteiger partial charge in [0.2, 0.25) is 5.91 Å². The van der Waals surface area contributed by atoms with Gasteiger partial charge in [-0.25, -0.2) is 4.98 Å². The van der Waals surface area contributed by atoms with Crippen molar-refractivity contribution in [2.75, 3.05) is 18.4 Å². The summed E-state index contributed by atoms with van der Waals surface area (Å²) >= 11 is 0. The molecule has 28 heavy (non-hydrogen) atoms. The number of carbonyl (C=O) groups is 1. The first-order valence-corrected chi connectivity index (χ1v) is 9.59. The molecule has 1 saturated heterocycles. The summed E-state index contributed by atoms with van der Waals surface area (Å²) in [6, 6.07) is 4.64. The number of likely N-dealkylation sites (tertiary alicyclic amines) is 1. The largest absolute Gasteiger partial charge is 0.417 e. The summed E-state index contributed by atoms with van der Waals surface area (Å²) in [5, 5.41) is 15.5. The number of nitrogens with one attached hydrogen (secondary N) is 2. The number of nitrogens with zero attached hydrogens (tertiary/aromatic N) is 3. The molecule has 1 aromatic rings. The van der Waals surface area contributed by atoms with Crippen LogP contribution in [0, 0.1) is 11.3 Å². The average molecular weight is 395 g/mol. The molecule has 2 heterocycles. The molecule has 0 bridgehead atoms. The lowest BCUT2D eigenvalue weighted by Crippen LogP contribution is -2.45. The van der Waals surface area contributed by atoms with Crippen LogP contribution in [0.25, 0.3) is 0 Å². The Bertz CT molecular complexity index is 708.